The summed E-state index contributed by atoms with van der Waals surface area (Å²) in [4.78, 5) is 10.2. The number of aromatic nitrogens is 3. The topological polar surface area (TPSA) is 43.9 Å². The smallest absolute Gasteiger partial charge is 0.136 e. The number of imidazole rings is 1. The van der Waals surface area contributed by atoms with E-state index in [1.807, 2.05) is 12.1 Å². The fraction of sp³-hybridized carbons (Fsp3) is 0.0435. The Balaban J connectivity index is 1.21. The molecule has 7 aromatic carbocycles. The van der Waals surface area contributed by atoms with E-state index in [4.69, 9.17) is 14.4 Å². The maximum Gasteiger partial charge on any atom is 0.136 e. The van der Waals surface area contributed by atoms with Gasteiger partial charge in [0.2, 0.25) is 0 Å². The first-order valence-corrected chi connectivity index (χ1v) is 17.1. The van der Waals surface area contributed by atoms with Crippen LogP contribution in [0.25, 0.3) is 93.8 Å². The second kappa shape index (κ2) is 11.3. The predicted molar refractivity (Wildman–Crippen MR) is 207 cm³/mol. The molecule has 0 aliphatic rings. The first kappa shape index (κ1) is 28.5. The number of benzene rings is 7. The van der Waals surface area contributed by atoms with Gasteiger partial charge in [0, 0.05) is 50.2 Å². The molecule has 50 heavy (non-hydrogen) atoms. The zero-order valence-corrected chi connectivity index (χ0v) is 27.5. The highest BCUT2D eigenvalue weighted by atomic mass is 16.3. The van der Waals surface area contributed by atoms with Crippen molar-refractivity contribution in [2.75, 3.05) is 0 Å². The Labute approximate surface area is 288 Å². The molecule has 0 spiro atoms. The Morgan fingerprint density at radius 3 is 2.04 bits per heavy atom. The minimum atomic E-state index is 0.853. The van der Waals surface area contributed by atoms with Crippen molar-refractivity contribution in [2.24, 2.45) is 0 Å². The van der Waals surface area contributed by atoms with Crippen LogP contribution in [0.1, 0.15) is 12.7 Å². The zero-order valence-electron chi connectivity index (χ0n) is 27.5. The van der Waals surface area contributed by atoms with Gasteiger partial charge in [0.25, 0.3) is 0 Å². The maximum atomic E-state index is 6.58. The Morgan fingerprint density at radius 1 is 0.500 bits per heavy atom. The third kappa shape index (κ3) is 4.39. The summed E-state index contributed by atoms with van der Waals surface area (Å²) in [6, 6.07) is 55.7. The molecular weight excluding hydrogens is 611 g/mol. The monoisotopic (exact) mass is 641 g/mol. The summed E-state index contributed by atoms with van der Waals surface area (Å²) in [6.45, 7) is 2.16. The van der Waals surface area contributed by atoms with E-state index in [0.717, 1.165) is 101 Å². The molecule has 0 unspecified atom stereocenters. The second-order valence-electron chi connectivity index (χ2n) is 12.8. The number of hydrogen-bond donors (Lipinski definition) is 0. The van der Waals surface area contributed by atoms with Crippen molar-refractivity contribution in [3.05, 3.63) is 164 Å². The number of para-hydroxylation sites is 4. The highest BCUT2D eigenvalue weighted by Gasteiger charge is 2.21. The van der Waals surface area contributed by atoms with Gasteiger partial charge in [-0.3, -0.25) is 4.57 Å². The summed E-state index contributed by atoms with van der Waals surface area (Å²) in [7, 11) is 0. The van der Waals surface area contributed by atoms with Gasteiger partial charge in [-0.05, 0) is 59.2 Å². The number of hydrogen-bond acceptors (Lipinski definition) is 3. The number of nitrogens with zero attached hydrogens (tertiary/aromatic N) is 3. The largest absolute Gasteiger partial charge is 0.456 e. The fourth-order valence-electron chi connectivity index (χ4n) is 7.68. The molecule has 4 heteroatoms. The summed E-state index contributed by atoms with van der Waals surface area (Å²) in [5.74, 6) is 1.06. The van der Waals surface area contributed by atoms with E-state index in [0.29, 0.717) is 0 Å². The van der Waals surface area contributed by atoms with Crippen LogP contribution in [0, 0.1) is 0 Å². The quantitative estimate of drug-likeness (QED) is 0.176. The maximum absolute atomic E-state index is 6.58. The van der Waals surface area contributed by atoms with Crippen molar-refractivity contribution in [1.82, 2.24) is 14.5 Å². The van der Waals surface area contributed by atoms with Gasteiger partial charge in [-0.25, -0.2) is 9.97 Å². The van der Waals surface area contributed by atoms with Crippen molar-refractivity contribution in [3.8, 4) is 39.2 Å². The molecule has 0 saturated heterocycles. The molecule has 0 fully saturated rings. The van der Waals surface area contributed by atoms with E-state index in [9.17, 15) is 0 Å². The van der Waals surface area contributed by atoms with Gasteiger partial charge in [0.1, 0.15) is 17.0 Å². The van der Waals surface area contributed by atoms with Gasteiger partial charge >= 0.3 is 0 Å². The van der Waals surface area contributed by atoms with Crippen molar-refractivity contribution in [1.29, 1.82) is 0 Å². The standard InChI is InChI=1S/C46H31N3O/c1-2-42-47-38-20-9-10-21-39(38)49(42)33-16-12-15-32(27-33)29-23-25-30(26-24-29)43-44-34-17-6-8-19-37(34)48-46(31-13-4-3-5-14-31)36(44)28-41-45(43)35-18-7-11-22-40(35)50-41/h3-28H,2H2,1H3. The second-order valence-corrected chi connectivity index (χ2v) is 12.8. The molecule has 236 valence electrons. The fourth-order valence-corrected chi connectivity index (χ4v) is 7.68. The lowest BCUT2D eigenvalue weighted by Crippen LogP contribution is -2.00. The Kier molecular flexibility index (Phi) is 6.43. The van der Waals surface area contributed by atoms with Crippen LogP contribution in [0.3, 0.4) is 0 Å². The van der Waals surface area contributed by atoms with Crippen molar-refractivity contribution in [2.45, 2.75) is 13.3 Å². The summed E-state index contributed by atoms with van der Waals surface area (Å²) < 4.78 is 8.87. The lowest BCUT2D eigenvalue weighted by Gasteiger charge is -2.16. The zero-order chi connectivity index (χ0) is 33.2. The average molecular weight is 642 g/mol. The normalized spacial score (nSPS) is 11.8. The lowest BCUT2D eigenvalue weighted by molar-refractivity contribution is 0.669. The SMILES string of the molecule is CCc1nc2ccccc2n1-c1cccc(-c2ccc(-c3c4c(cc5c(-c6ccccc6)nc6ccccc6c35)oc3ccccc34)cc2)c1. The average Bonchev–Trinajstić information content (AvgIpc) is 3.75. The van der Waals surface area contributed by atoms with Gasteiger partial charge < -0.3 is 4.42 Å². The molecule has 0 radical (unpaired) electrons. The van der Waals surface area contributed by atoms with E-state index in [1.165, 1.54) is 5.39 Å². The van der Waals surface area contributed by atoms with Crippen LogP contribution in [0.2, 0.25) is 0 Å². The van der Waals surface area contributed by atoms with Crippen LogP contribution in [0.15, 0.2) is 162 Å². The van der Waals surface area contributed by atoms with E-state index in [1.54, 1.807) is 0 Å². The van der Waals surface area contributed by atoms with Gasteiger partial charge in [-0.15, -0.1) is 0 Å². The van der Waals surface area contributed by atoms with Crippen molar-refractivity contribution in [3.63, 3.8) is 0 Å². The lowest BCUT2D eigenvalue weighted by atomic mass is 9.89. The number of rotatable bonds is 5. The van der Waals surface area contributed by atoms with Crippen LogP contribution in [-0.2, 0) is 6.42 Å². The molecule has 0 aliphatic carbocycles. The Bertz CT molecular complexity index is 2900. The minimum absolute atomic E-state index is 0.853. The molecule has 0 N–H and O–H groups in total. The number of furan rings is 1. The molecule has 4 nitrogen and oxygen atoms in total. The van der Waals surface area contributed by atoms with Gasteiger partial charge in [0.15, 0.2) is 0 Å². The Morgan fingerprint density at radius 2 is 1.20 bits per heavy atom. The van der Waals surface area contributed by atoms with Gasteiger partial charge in [0.05, 0.1) is 22.2 Å². The van der Waals surface area contributed by atoms with Gasteiger partial charge in [-0.1, -0.05) is 122 Å². The summed E-state index contributed by atoms with van der Waals surface area (Å²) in [5.41, 5.74) is 12.6. The molecule has 0 saturated carbocycles. The highest BCUT2D eigenvalue weighted by Crippen LogP contribution is 2.46. The summed E-state index contributed by atoms with van der Waals surface area (Å²) >= 11 is 0. The van der Waals surface area contributed by atoms with Crippen LogP contribution in [-0.4, -0.2) is 14.5 Å². The molecule has 0 aliphatic heterocycles. The number of aryl methyl sites for hydroxylation is 1. The third-order valence-electron chi connectivity index (χ3n) is 9.93. The third-order valence-corrected chi connectivity index (χ3v) is 9.93. The molecule has 10 aromatic rings. The molecule has 3 heterocycles. The van der Waals surface area contributed by atoms with Crippen LogP contribution in [0.4, 0.5) is 0 Å². The van der Waals surface area contributed by atoms with Gasteiger partial charge in [-0.2, -0.15) is 0 Å². The van der Waals surface area contributed by atoms with Crippen molar-refractivity contribution >= 4 is 54.6 Å². The van der Waals surface area contributed by atoms with E-state index < -0.39 is 0 Å². The van der Waals surface area contributed by atoms with Crippen LogP contribution < -0.4 is 0 Å². The van der Waals surface area contributed by atoms with E-state index >= 15 is 0 Å². The van der Waals surface area contributed by atoms with E-state index in [-0.39, 0.29) is 0 Å². The van der Waals surface area contributed by atoms with Crippen molar-refractivity contribution < 1.29 is 4.42 Å². The number of fused-ring (bicyclic) bond motifs is 7. The first-order chi connectivity index (χ1) is 24.7. The molecule has 10 rings (SSSR count). The first-order valence-electron chi connectivity index (χ1n) is 17.1. The minimum Gasteiger partial charge on any atom is -0.456 e. The van der Waals surface area contributed by atoms with Crippen LogP contribution >= 0.6 is 0 Å². The molecule has 3 aromatic heterocycles. The number of pyridine rings is 1. The van der Waals surface area contributed by atoms with E-state index in [2.05, 4.69) is 157 Å². The summed E-state index contributed by atoms with van der Waals surface area (Å²) in [5, 5.41) is 5.62. The predicted octanol–water partition coefficient (Wildman–Crippen LogP) is 12.2. The Hall–Kier alpha value is -6.52. The highest BCUT2D eigenvalue weighted by molar-refractivity contribution is 6.27. The summed E-state index contributed by atoms with van der Waals surface area (Å²) in [6.07, 6.45) is 0.853. The molecule has 0 amide bonds. The molecule has 0 bridgehead atoms. The molecular formula is C46H31N3O. The van der Waals surface area contributed by atoms with Crippen LogP contribution in [0.5, 0.6) is 0 Å². The molecule has 0 atom stereocenters.